The van der Waals surface area contributed by atoms with Gasteiger partial charge in [-0.3, -0.25) is 4.79 Å². The molecular formula is C13H19NO. The van der Waals surface area contributed by atoms with Crippen molar-refractivity contribution in [3.8, 4) is 0 Å². The molecule has 0 fully saturated rings. The summed E-state index contributed by atoms with van der Waals surface area (Å²) in [5.74, 6) is 0.135. The molecule has 1 aromatic rings. The van der Waals surface area contributed by atoms with Crippen molar-refractivity contribution in [3.63, 3.8) is 0 Å². The molecule has 0 aliphatic rings. The maximum Gasteiger partial charge on any atom is 0.219 e. The van der Waals surface area contributed by atoms with Crippen molar-refractivity contribution in [1.29, 1.82) is 0 Å². The van der Waals surface area contributed by atoms with Crippen LogP contribution in [-0.4, -0.2) is 11.9 Å². The molecule has 0 saturated heterocycles. The average molecular weight is 205 g/mol. The molecule has 82 valence electrons. The Bertz CT molecular complexity index is 295. The number of carbonyl (C=O) groups excluding carboxylic acids is 1. The number of carbonyl (C=O) groups is 1. The van der Waals surface area contributed by atoms with Crippen LogP contribution < -0.4 is 5.32 Å². The summed E-state index contributed by atoms with van der Waals surface area (Å²) in [6.07, 6.45) is 2.58. The van der Waals surface area contributed by atoms with E-state index in [2.05, 4.69) is 24.4 Å². The van der Waals surface area contributed by atoms with E-state index in [0.717, 1.165) is 12.8 Å². The third kappa shape index (κ3) is 4.63. The normalized spacial score (nSPS) is 12.1. The van der Waals surface area contributed by atoms with Crippen molar-refractivity contribution in [2.45, 2.75) is 39.2 Å². The fraction of sp³-hybridized carbons (Fsp3) is 0.462. The van der Waals surface area contributed by atoms with E-state index in [9.17, 15) is 4.79 Å². The molecule has 15 heavy (non-hydrogen) atoms. The fourth-order valence-corrected chi connectivity index (χ4v) is 1.48. The molecule has 1 atom stereocenters. The van der Waals surface area contributed by atoms with Crippen LogP contribution in [0.25, 0.3) is 0 Å². The second-order valence-corrected chi connectivity index (χ2v) is 3.85. The van der Waals surface area contributed by atoms with E-state index in [1.165, 1.54) is 5.56 Å². The van der Waals surface area contributed by atoms with Crippen molar-refractivity contribution in [3.05, 3.63) is 35.9 Å². The van der Waals surface area contributed by atoms with Gasteiger partial charge in [0.15, 0.2) is 0 Å². The smallest absolute Gasteiger partial charge is 0.219 e. The van der Waals surface area contributed by atoms with Gasteiger partial charge in [-0.25, -0.2) is 0 Å². The van der Waals surface area contributed by atoms with E-state index in [4.69, 9.17) is 0 Å². The van der Waals surface area contributed by atoms with Crippen molar-refractivity contribution in [1.82, 2.24) is 5.32 Å². The van der Waals surface area contributed by atoms with Gasteiger partial charge in [-0.05, 0) is 25.3 Å². The van der Waals surface area contributed by atoms with E-state index in [-0.39, 0.29) is 11.9 Å². The fourth-order valence-electron chi connectivity index (χ4n) is 1.48. The molecule has 0 aromatic heterocycles. The summed E-state index contributed by atoms with van der Waals surface area (Å²) >= 11 is 0. The average Bonchev–Trinajstić information content (AvgIpc) is 2.27. The molecule has 0 radical (unpaired) electrons. The van der Waals surface area contributed by atoms with Crippen LogP contribution in [0.3, 0.4) is 0 Å². The number of hydrogen-bond donors (Lipinski definition) is 1. The van der Waals surface area contributed by atoms with Gasteiger partial charge in [0.2, 0.25) is 5.91 Å². The minimum atomic E-state index is 0.135. The number of benzene rings is 1. The number of nitrogens with one attached hydrogen (secondary N) is 1. The first kappa shape index (κ1) is 11.8. The molecule has 1 aromatic carbocycles. The maximum atomic E-state index is 11.1. The first-order chi connectivity index (χ1) is 7.22. The summed E-state index contributed by atoms with van der Waals surface area (Å²) in [5, 5.41) is 2.96. The van der Waals surface area contributed by atoms with Crippen LogP contribution in [0.15, 0.2) is 30.3 Å². The molecule has 0 aliphatic heterocycles. The molecule has 0 heterocycles. The molecule has 2 nitrogen and oxygen atoms in total. The van der Waals surface area contributed by atoms with Crippen LogP contribution in [0.2, 0.25) is 0 Å². The highest BCUT2D eigenvalue weighted by Gasteiger charge is 2.04. The standard InChI is InChI=1S/C13H19NO/c1-3-13(15)14-11(2)9-10-12-7-5-4-6-8-12/h4-8,11H,3,9-10H2,1-2H3,(H,14,15). The predicted octanol–water partition coefficient (Wildman–Crippen LogP) is 2.53. The molecule has 1 unspecified atom stereocenters. The second-order valence-electron chi connectivity index (χ2n) is 3.85. The lowest BCUT2D eigenvalue weighted by molar-refractivity contribution is -0.121. The number of hydrogen-bond acceptors (Lipinski definition) is 1. The van der Waals surface area contributed by atoms with Crippen LogP contribution >= 0.6 is 0 Å². The summed E-state index contributed by atoms with van der Waals surface area (Å²) < 4.78 is 0. The van der Waals surface area contributed by atoms with E-state index < -0.39 is 0 Å². The zero-order valence-electron chi connectivity index (χ0n) is 9.49. The quantitative estimate of drug-likeness (QED) is 0.786. The van der Waals surface area contributed by atoms with Gasteiger partial charge in [0, 0.05) is 12.5 Å². The first-order valence-electron chi connectivity index (χ1n) is 5.55. The highest BCUT2D eigenvalue weighted by atomic mass is 16.1. The zero-order chi connectivity index (χ0) is 11.1. The van der Waals surface area contributed by atoms with Crippen molar-refractivity contribution in [2.24, 2.45) is 0 Å². The van der Waals surface area contributed by atoms with Gasteiger partial charge in [0.25, 0.3) is 0 Å². The van der Waals surface area contributed by atoms with Gasteiger partial charge in [-0.15, -0.1) is 0 Å². The van der Waals surface area contributed by atoms with Crippen LogP contribution in [0, 0.1) is 0 Å². The van der Waals surface area contributed by atoms with Gasteiger partial charge < -0.3 is 5.32 Å². The van der Waals surface area contributed by atoms with E-state index >= 15 is 0 Å². The lowest BCUT2D eigenvalue weighted by Crippen LogP contribution is -2.32. The Balaban J connectivity index is 2.28. The second kappa shape index (κ2) is 6.23. The van der Waals surface area contributed by atoms with Crippen molar-refractivity contribution >= 4 is 5.91 Å². The molecule has 2 heteroatoms. The maximum absolute atomic E-state index is 11.1. The van der Waals surface area contributed by atoms with E-state index in [1.807, 2.05) is 25.1 Å². The zero-order valence-corrected chi connectivity index (χ0v) is 9.49. The van der Waals surface area contributed by atoms with Gasteiger partial charge in [-0.2, -0.15) is 0 Å². The first-order valence-corrected chi connectivity index (χ1v) is 5.55. The van der Waals surface area contributed by atoms with Crippen molar-refractivity contribution < 1.29 is 4.79 Å². The third-order valence-electron chi connectivity index (χ3n) is 2.44. The van der Waals surface area contributed by atoms with Crippen LogP contribution in [0.1, 0.15) is 32.3 Å². The Morgan fingerprint density at radius 1 is 1.33 bits per heavy atom. The van der Waals surface area contributed by atoms with E-state index in [0.29, 0.717) is 6.42 Å². The minimum Gasteiger partial charge on any atom is -0.354 e. The molecule has 1 N–H and O–H groups in total. The largest absolute Gasteiger partial charge is 0.354 e. The topological polar surface area (TPSA) is 29.1 Å². The highest BCUT2D eigenvalue weighted by Crippen LogP contribution is 2.04. The van der Waals surface area contributed by atoms with Gasteiger partial charge in [-0.1, -0.05) is 37.3 Å². The van der Waals surface area contributed by atoms with E-state index in [1.54, 1.807) is 0 Å². The monoisotopic (exact) mass is 205 g/mol. The molecule has 1 amide bonds. The molecule has 0 bridgehead atoms. The Labute approximate surface area is 91.7 Å². The Hall–Kier alpha value is -1.31. The number of amides is 1. The van der Waals surface area contributed by atoms with Gasteiger partial charge in [0.1, 0.15) is 0 Å². The molecular weight excluding hydrogens is 186 g/mol. The van der Waals surface area contributed by atoms with Crippen LogP contribution in [-0.2, 0) is 11.2 Å². The SMILES string of the molecule is CCC(=O)NC(C)CCc1ccccc1. The molecule has 0 spiro atoms. The predicted molar refractivity (Wildman–Crippen MR) is 62.7 cm³/mol. The Morgan fingerprint density at radius 2 is 2.00 bits per heavy atom. The number of aryl methyl sites for hydroxylation is 1. The summed E-state index contributed by atoms with van der Waals surface area (Å²) in [5.41, 5.74) is 1.33. The highest BCUT2D eigenvalue weighted by molar-refractivity contribution is 5.75. The van der Waals surface area contributed by atoms with Gasteiger partial charge >= 0.3 is 0 Å². The summed E-state index contributed by atoms with van der Waals surface area (Å²) in [6.45, 7) is 3.93. The molecule has 0 aliphatic carbocycles. The number of rotatable bonds is 5. The lowest BCUT2D eigenvalue weighted by atomic mass is 10.1. The Kier molecular flexibility index (Phi) is 4.88. The molecule has 1 rings (SSSR count). The summed E-state index contributed by atoms with van der Waals surface area (Å²) in [4.78, 5) is 11.1. The Morgan fingerprint density at radius 3 is 2.60 bits per heavy atom. The third-order valence-corrected chi connectivity index (χ3v) is 2.44. The van der Waals surface area contributed by atoms with Crippen LogP contribution in [0.5, 0.6) is 0 Å². The summed E-state index contributed by atoms with van der Waals surface area (Å²) in [6, 6.07) is 10.6. The summed E-state index contributed by atoms with van der Waals surface area (Å²) in [7, 11) is 0. The molecule has 0 saturated carbocycles. The van der Waals surface area contributed by atoms with Crippen molar-refractivity contribution in [2.75, 3.05) is 0 Å². The lowest BCUT2D eigenvalue weighted by Gasteiger charge is -2.12. The van der Waals surface area contributed by atoms with Gasteiger partial charge in [0.05, 0.1) is 0 Å². The minimum absolute atomic E-state index is 0.135. The van der Waals surface area contributed by atoms with Crippen LogP contribution in [0.4, 0.5) is 0 Å².